The van der Waals surface area contributed by atoms with E-state index < -0.39 is 10.0 Å². The van der Waals surface area contributed by atoms with E-state index in [0.717, 1.165) is 0 Å². The van der Waals surface area contributed by atoms with Crippen LogP contribution in [0.4, 0.5) is 5.82 Å². The van der Waals surface area contributed by atoms with Gasteiger partial charge in [0.25, 0.3) is 0 Å². The van der Waals surface area contributed by atoms with Gasteiger partial charge in [0.15, 0.2) is 5.65 Å². The first kappa shape index (κ1) is 14.8. The third-order valence-corrected chi connectivity index (χ3v) is 5.67. The Balaban J connectivity index is 1.56. The summed E-state index contributed by atoms with van der Waals surface area (Å²) in [7, 11) is -3.42. The molecule has 0 atom stereocenters. The second-order valence-electron chi connectivity index (χ2n) is 4.35. The number of nitrogens with zero attached hydrogens (tertiary/aromatic N) is 3. The Labute approximate surface area is 131 Å². The zero-order chi connectivity index (χ0) is 15.4. The molecule has 0 spiro atoms. The van der Waals surface area contributed by atoms with Crippen LogP contribution in [-0.2, 0) is 10.0 Å². The zero-order valence-corrected chi connectivity index (χ0v) is 13.1. The lowest BCUT2D eigenvalue weighted by atomic mass is 10.4. The summed E-state index contributed by atoms with van der Waals surface area (Å²) in [4.78, 5) is 12.6. The fourth-order valence-electron chi connectivity index (χ4n) is 1.82. The number of nitrogens with one attached hydrogen (secondary N) is 2. The summed E-state index contributed by atoms with van der Waals surface area (Å²) in [6, 6.07) is 6.87. The fraction of sp³-hybridized carbons (Fsp3) is 0.154. The molecule has 0 aliphatic rings. The van der Waals surface area contributed by atoms with Gasteiger partial charge in [-0.15, -0.1) is 11.3 Å². The Kier molecular flexibility index (Phi) is 4.27. The Morgan fingerprint density at radius 2 is 1.95 bits per heavy atom. The normalized spacial score (nSPS) is 11.6. The molecule has 0 aliphatic carbocycles. The lowest BCUT2D eigenvalue weighted by Crippen LogP contribution is -2.28. The van der Waals surface area contributed by atoms with Crippen molar-refractivity contribution in [3.63, 3.8) is 0 Å². The molecule has 3 rings (SSSR count). The standard InChI is InChI=1S/C13H13N5O2S2/c19-22(20,12-2-1-9-21-12)17-8-7-15-11-4-3-10-13(18-11)16-6-5-14-10/h1-6,9,17H,7-8H2,(H,15,16,18). The Morgan fingerprint density at radius 1 is 1.09 bits per heavy atom. The largest absolute Gasteiger partial charge is 0.369 e. The molecule has 0 saturated carbocycles. The van der Waals surface area contributed by atoms with Gasteiger partial charge in [-0.1, -0.05) is 6.07 Å². The number of pyridine rings is 1. The molecule has 0 fully saturated rings. The third-order valence-electron chi connectivity index (χ3n) is 2.81. The van der Waals surface area contributed by atoms with Crippen LogP contribution in [0.2, 0.25) is 0 Å². The van der Waals surface area contributed by atoms with Crippen molar-refractivity contribution >= 4 is 38.3 Å². The van der Waals surface area contributed by atoms with Crippen LogP contribution in [-0.4, -0.2) is 36.5 Å². The van der Waals surface area contributed by atoms with Gasteiger partial charge in [0, 0.05) is 25.5 Å². The molecule has 0 aliphatic heterocycles. The summed E-state index contributed by atoms with van der Waals surface area (Å²) in [5.74, 6) is 0.628. The molecule has 7 nitrogen and oxygen atoms in total. The summed E-state index contributed by atoms with van der Waals surface area (Å²) >= 11 is 1.19. The van der Waals surface area contributed by atoms with Gasteiger partial charge in [0.2, 0.25) is 10.0 Å². The van der Waals surface area contributed by atoms with Gasteiger partial charge >= 0.3 is 0 Å². The maximum Gasteiger partial charge on any atom is 0.250 e. The number of thiophene rings is 1. The average Bonchev–Trinajstić information content (AvgIpc) is 3.07. The lowest BCUT2D eigenvalue weighted by molar-refractivity contribution is 0.585. The van der Waals surface area contributed by atoms with E-state index in [0.29, 0.717) is 27.7 Å². The van der Waals surface area contributed by atoms with Crippen LogP contribution in [0.5, 0.6) is 0 Å². The second-order valence-corrected chi connectivity index (χ2v) is 7.29. The highest BCUT2D eigenvalue weighted by atomic mass is 32.2. The monoisotopic (exact) mass is 335 g/mol. The number of hydrogen-bond donors (Lipinski definition) is 2. The van der Waals surface area contributed by atoms with Crippen LogP contribution in [0, 0.1) is 0 Å². The Morgan fingerprint density at radius 3 is 2.77 bits per heavy atom. The molecule has 0 amide bonds. The summed E-state index contributed by atoms with van der Waals surface area (Å²) in [5.41, 5.74) is 1.26. The molecule has 3 aromatic rings. The number of hydrogen-bond acceptors (Lipinski definition) is 7. The zero-order valence-electron chi connectivity index (χ0n) is 11.4. The van der Waals surface area contributed by atoms with Gasteiger partial charge < -0.3 is 5.32 Å². The Hall–Kier alpha value is -2.10. The molecular formula is C13H13N5O2S2. The van der Waals surface area contributed by atoms with Crippen LogP contribution in [0.25, 0.3) is 11.2 Å². The number of fused-ring (bicyclic) bond motifs is 1. The predicted molar refractivity (Wildman–Crippen MR) is 85.3 cm³/mol. The molecule has 0 saturated heterocycles. The number of rotatable bonds is 6. The molecule has 0 aromatic carbocycles. The quantitative estimate of drug-likeness (QED) is 0.662. The summed E-state index contributed by atoms with van der Waals surface area (Å²) in [5, 5.41) is 4.78. The van der Waals surface area contributed by atoms with E-state index in [4.69, 9.17) is 0 Å². The molecule has 0 bridgehead atoms. The molecule has 0 radical (unpaired) electrons. The minimum absolute atomic E-state index is 0.264. The van der Waals surface area contributed by atoms with Crippen LogP contribution in [0.3, 0.4) is 0 Å². The van der Waals surface area contributed by atoms with Crippen molar-refractivity contribution in [2.45, 2.75) is 4.21 Å². The highest BCUT2D eigenvalue weighted by Crippen LogP contribution is 2.15. The number of aromatic nitrogens is 3. The van der Waals surface area contributed by atoms with Crippen molar-refractivity contribution in [3.8, 4) is 0 Å². The minimum atomic E-state index is -3.42. The van der Waals surface area contributed by atoms with E-state index in [1.807, 2.05) is 6.07 Å². The molecular weight excluding hydrogens is 322 g/mol. The predicted octanol–water partition coefficient (Wildman–Crippen LogP) is 1.48. The molecule has 114 valence electrons. The average molecular weight is 335 g/mol. The molecule has 0 unspecified atom stereocenters. The first-order valence-corrected chi connectivity index (χ1v) is 8.86. The van der Waals surface area contributed by atoms with Gasteiger partial charge in [0.05, 0.1) is 0 Å². The van der Waals surface area contributed by atoms with Crippen LogP contribution < -0.4 is 10.0 Å². The molecule has 3 aromatic heterocycles. The minimum Gasteiger partial charge on any atom is -0.369 e. The maximum atomic E-state index is 11.9. The van der Waals surface area contributed by atoms with E-state index in [9.17, 15) is 8.42 Å². The van der Waals surface area contributed by atoms with Gasteiger partial charge in [-0.05, 0) is 23.6 Å². The van der Waals surface area contributed by atoms with Crippen molar-refractivity contribution in [2.24, 2.45) is 0 Å². The topological polar surface area (TPSA) is 96.9 Å². The first-order valence-electron chi connectivity index (χ1n) is 6.50. The maximum absolute atomic E-state index is 11.9. The summed E-state index contributed by atoms with van der Waals surface area (Å²) < 4.78 is 26.7. The van der Waals surface area contributed by atoms with Gasteiger partial charge in [0.1, 0.15) is 15.5 Å². The van der Waals surface area contributed by atoms with E-state index in [2.05, 4.69) is 25.0 Å². The van der Waals surface area contributed by atoms with Crippen LogP contribution in [0.1, 0.15) is 0 Å². The van der Waals surface area contributed by atoms with Gasteiger partial charge in [-0.3, -0.25) is 4.98 Å². The Bertz CT molecular complexity index is 865. The fourth-order valence-corrected chi connectivity index (χ4v) is 3.89. The van der Waals surface area contributed by atoms with E-state index in [-0.39, 0.29) is 6.54 Å². The molecule has 22 heavy (non-hydrogen) atoms. The van der Waals surface area contributed by atoms with Gasteiger partial charge in [-0.25, -0.2) is 23.1 Å². The molecule has 9 heteroatoms. The van der Waals surface area contributed by atoms with E-state index in [1.165, 1.54) is 11.3 Å². The van der Waals surface area contributed by atoms with Crippen molar-refractivity contribution < 1.29 is 8.42 Å². The molecule has 3 heterocycles. The smallest absolute Gasteiger partial charge is 0.250 e. The lowest BCUT2D eigenvalue weighted by Gasteiger charge is -2.07. The third kappa shape index (κ3) is 3.38. The van der Waals surface area contributed by atoms with Crippen molar-refractivity contribution in [1.29, 1.82) is 0 Å². The number of sulfonamides is 1. The van der Waals surface area contributed by atoms with E-state index in [1.54, 1.807) is 36.0 Å². The first-order chi connectivity index (χ1) is 10.6. The van der Waals surface area contributed by atoms with Crippen molar-refractivity contribution in [1.82, 2.24) is 19.7 Å². The summed E-state index contributed by atoms with van der Waals surface area (Å²) in [6.07, 6.45) is 3.19. The second kappa shape index (κ2) is 6.34. The van der Waals surface area contributed by atoms with Crippen molar-refractivity contribution in [2.75, 3.05) is 18.4 Å². The van der Waals surface area contributed by atoms with Crippen LogP contribution in [0.15, 0.2) is 46.2 Å². The van der Waals surface area contributed by atoms with Crippen LogP contribution >= 0.6 is 11.3 Å². The highest BCUT2D eigenvalue weighted by molar-refractivity contribution is 7.91. The molecule has 2 N–H and O–H groups in total. The van der Waals surface area contributed by atoms with Gasteiger partial charge in [-0.2, -0.15) is 0 Å². The summed E-state index contributed by atoms with van der Waals surface area (Å²) in [6.45, 7) is 0.684. The highest BCUT2D eigenvalue weighted by Gasteiger charge is 2.13. The SMILES string of the molecule is O=S(=O)(NCCNc1ccc2nccnc2n1)c1cccs1. The van der Waals surface area contributed by atoms with Crippen molar-refractivity contribution in [3.05, 3.63) is 42.0 Å². The van der Waals surface area contributed by atoms with E-state index >= 15 is 0 Å². The number of anilines is 1.